The second-order valence-corrected chi connectivity index (χ2v) is 4.96. The Morgan fingerprint density at radius 1 is 1.31 bits per heavy atom. The van der Waals surface area contributed by atoms with Gasteiger partial charge < -0.3 is 15.0 Å². The second kappa shape index (κ2) is 5.15. The molecule has 4 heteroatoms. The lowest BCUT2D eigenvalue weighted by Crippen LogP contribution is -2.49. The zero-order valence-corrected chi connectivity index (χ0v) is 10.2. The summed E-state index contributed by atoms with van der Waals surface area (Å²) in [4.78, 5) is 14.2. The van der Waals surface area contributed by atoms with E-state index in [9.17, 15) is 4.79 Å². The van der Waals surface area contributed by atoms with Gasteiger partial charge in [0.25, 0.3) is 0 Å². The van der Waals surface area contributed by atoms with Gasteiger partial charge in [0.1, 0.15) is 0 Å². The molecule has 0 aromatic carbocycles. The number of piperidine rings is 1. The molecule has 2 fully saturated rings. The molecule has 1 amide bonds. The Hall–Kier alpha value is -0.610. The molecule has 1 N–H and O–H groups in total. The van der Waals surface area contributed by atoms with Crippen molar-refractivity contribution in [3.05, 3.63) is 0 Å². The minimum absolute atomic E-state index is 0.0547. The molecule has 0 saturated carbocycles. The largest absolute Gasteiger partial charge is 0.381 e. The zero-order valence-electron chi connectivity index (χ0n) is 10.2. The minimum Gasteiger partial charge on any atom is -0.381 e. The molecule has 2 heterocycles. The lowest BCUT2D eigenvalue weighted by Gasteiger charge is -2.33. The van der Waals surface area contributed by atoms with Crippen molar-refractivity contribution < 1.29 is 9.53 Å². The molecule has 2 rings (SSSR count). The third kappa shape index (κ3) is 2.38. The van der Waals surface area contributed by atoms with Crippen LogP contribution in [-0.2, 0) is 9.53 Å². The van der Waals surface area contributed by atoms with Gasteiger partial charge in [0.15, 0.2) is 0 Å². The molecule has 0 aromatic heterocycles. The Kier molecular flexibility index (Phi) is 3.82. The number of hydrogen-bond acceptors (Lipinski definition) is 3. The monoisotopic (exact) mass is 226 g/mol. The second-order valence-electron chi connectivity index (χ2n) is 4.96. The summed E-state index contributed by atoms with van der Waals surface area (Å²) in [6.45, 7) is 4.83. The van der Waals surface area contributed by atoms with E-state index in [-0.39, 0.29) is 6.04 Å². The van der Waals surface area contributed by atoms with Crippen LogP contribution in [0.15, 0.2) is 0 Å². The van der Waals surface area contributed by atoms with Gasteiger partial charge in [-0.15, -0.1) is 0 Å². The van der Waals surface area contributed by atoms with Crippen LogP contribution in [0, 0.1) is 5.92 Å². The number of rotatable bonds is 2. The van der Waals surface area contributed by atoms with Gasteiger partial charge in [0.05, 0.1) is 12.1 Å². The molecule has 0 radical (unpaired) electrons. The van der Waals surface area contributed by atoms with Crippen molar-refractivity contribution in [3.8, 4) is 0 Å². The normalized spacial score (nSPS) is 32.0. The van der Waals surface area contributed by atoms with Crippen molar-refractivity contribution in [3.63, 3.8) is 0 Å². The summed E-state index contributed by atoms with van der Waals surface area (Å²) in [7, 11) is 1.75. The summed E-state index contributed by atoms with van der Waals surface area (Å²) in [6, 6.07) is 0.0547. The van der Waals surface area contributed by atoms with Crippen LogP contribution in [0.1, 0.15) is 26.2 Å². The number of methoxy groups -OCH3 is 1. The number of carbonyl (C=O) groups excluding carboxylic acids is 1. The van der Waals surface area contributed by atoms with Crippen molar-refractivity contribution in [1.82, 2.24) is 10.2 Å². The van der Waals surface area contributed by atoms with Gasteiger partial charge in [-0.25, -0.2) is 0 Å². The summed E-state index contributed by atoms with van der Waals surface area (Å²) in [5.41, 5.74) is 0. The van der Waals surface area contributed by atoms with Crippen molar-refractivity contribution in [1.29, 1.82) is 0 Å². The fourth-order valence-electron chi connectivity index (χ4n) is 2.67. The van der Waals surface area contributed by atoms with Crippen molar-refractivity contribution in [2.45, 2.75) is 38.3 Å². The third-order valence-corrected chi connectivity index (χ3v) is 3.89. The fraction of sp³-hybridized carbons (Fsp3) is 0.917. The highest BCUT2D eigenvalue weighted by Crippen LogP contribution is 2.19. The van der Waals surface area contributed by atoms with Gasteiger partial charge in [0.2, 0.25) is 5.91 Å². The lowest BCUT2D eigenvalue weighted by atomic mass is 10.0. The summed E-state index contributed by atoms with van der Waals surface area (Å²) in [5, 5.41) is 3.31. The maximum Gasteiger partial charge on any atom is 0.239 e. The molecule has 2 saturated heterocycles. The molecule has 4 nitrogen and oxygen atoms in total. The summed E-state index contributed by atoms with van der Waals surface area (Å²) in [6.07, 6.45) is 3.41. The first-order valence-corrected chi connectivity index (χ1v) is 6.27. The van der Waals surface area contributed by atoms with Crippen molar-refractivity contribution >= 4 is 5.91 Å². The molecule has 16 heavy (non-hydrogen) atoms. The lowest BCUT2D eigenvalue weighted by molar-refractivity contribution is -0.136. The van der Waals surface area contributed by atoms with Gasteiger partial charge in [-0.05, 0) is 31.7 Å². The number of nitrogens with zero attached hydrogens (tertiary/aromatic N) is 1. The zero-order chi connectivity index (χ0) is 11.5. The summed E-state index contributed by atoms with van der Waals surface area (Å²) in [5.74, 6) is 0.771. The van der Waals surface area contributed by atoms with E-state index in [1.54, 1.807) is 7.11 Å². The SMILES string of the molecule is COC1CCN(C(=O)C2NCCC2C)CC1. The van der Waals surface area contributed by atoms with Crippen LogP contribution < -0.4 is 5.32 Å². The highest BCUT2D eigenvalue weighted by Gasteiger charge is 2.33. The predicted molar refractivity (Wildman–Crippen MR) is 62.2 cm³/mol. The van der Waals surface area contributed by atoms with E-state index in [1.807, 2.05) is 4.90 Å². The Bertz CT molecular complexity index is 249. The van der Waals surface area contributed by atoms with Crippen molar-refractivity contribution in [2.75, 3.05) is 26.7 Å². The molecule has 2 unspecified atom stereocenters. The van der Waals surface area contributed by atoms with E-state index in [4.69, 9.17) is 4.74 Å². The maximum atomic E-state index is 12.2. The first kappa shape index (κ1) is 11.9. The quantitative estimate of drug-likeness (QED) is 0.750. The molecule has 2 aliphatic heterocycles. The standard InChI is InChI=1S/C12H22N2O2/c1-9-3-6-13-11(9)12(15)14-7-4-10(16-2)5-8-14/h9-11,13H,3-8H2,1-2H3. The van der Waals surface area contributed by atoms with Crippen LogP contribution in [-0.4, -0.2) is 49.7 Å². The van der Waals surface area contributed by atoms with Crippen molar-refractivity contribution in [2.24, 2.45) is 5.92 Å². The van der Waals surface area contributed by atoms with Crippen LogP contribution in [0.2, 0.25) is 0 Å². The van der Waals surface area contributed by atoms with Gasteiger partial charge in [0, 0.05) is 20.2 Å². The average molecular weight is 226 g/mol. The molecule has 92 valence electrons. The van der Waals surface area contributed by atoms with E-state index in [0.29, 0.717) is 17.9 Å². The molecule has 2 atom stereocenters. The van der Waals surface area contributed by atoms with Crippen LogP contribution >= 0.6 is 0 Å². The summed E-state index contributed by atoms with van der Waals surface area (Å²) < 4.78 is 5.31. The first-order valence-electron chi connectivity index (χ1n) is 6.27. The molecule has 0 bridgehead atoms. The molecule has 2 aliphatic rings. The smallest absolute Gasteiger partial charge is 0.239 e. The Labute approximate surface area is 97.3 Å². The fourth-order valence-corrected chi connectivity index (χ4v) is 2.67. The third-order valence-electron chi connectivity index (χ3n) is 3.89. The van der Waals surface area contributed by atoms with Gasteiger partial charge in [-0.2, -0.15) is 0 Å². The van der Waals surface area contributed by atoms with Gasteiger partial charge in [-0.3, -0.25) is 4.79 Å². The van der Waals surface area contributed by atoms with Crippen LogP contribution in [0.3, 0.4) is 0 Å². The van der Waals surface area contributed by atoms with E-state index in [0.717, 1.165) is 38.9 Å². The van der Waals surface area contributed by atoms with Crippen LogP contribution in [0.5, 0.6) is 0 Å². The molecule has 0 aliphatic carbocycles. The molecule has 0 spiro atoms. The number of carbonyl (C=O) groups is 1. The Morgan fingerprint density at radius 3 is 2.50 bits per heavy atom. The number of amides is 1. The minimum atomic E-state index is 0.0547. The predicted octanol–water partition coefficient (Wildman–Crippen LogP) is 0.622. The first-order chi connectivity index (χ1) is 7.72. The Balaban J connectivity index is 1.86. The number of ether oxygens (including phenoxy) is 1. The maximum absolute atomic E-state index is 12.2. The van der Waals surface area contributed by atoms with E-state index < -0.39 is 0 Å². The highest BCUT2D eigenvalue weighted by molar-refractivity contribution is 5.82. The number of hydrogen-bond donors (Lipinski definition) is 1. The highest BCUT2D eigenvalue weighted by atomic mass is 16.5. The average Bonchev–Trinajstić information content (AvgIpc) is 2.75. The topological polar surface area (TPSA) is 41.6 Å². The molecular weight excluding hydrogens is 204 g/mol. The van der Waals surface area contributed by atoms with E-state index in [2.05, 4.69) is 12.2 Å². The van der Waals surface area contributed by atoms with E-state index >= 15 is 0 Å². The molecular formula is C12H22N2O2. The van der Waals surface area contributed by atoms with E-state index in [1.165, 1.54) is 0 Å². The summed E-state index contributed by atoms with van der Waals surface area (Å²) >= 11 is 0. The van der Waals surface area contributed by atoms with Crippen LogP contribution in [0.4, 0.5) is 0 Å². The number of likely N-dealkylation sites (tertiary alicyclic amines) is 1. The van der Waals surface area contributed by atoms with Crippen LogP contribution in [0.25, 0.3) is 0 Å². The Morgan fingerprint density at radius 2 is 2.00 bits per heavy atom. The molecule has 0 aromatic rings. The van der Waals surface area contributed by atoms with Gasteiger partial charge in [-0.1, -0.05) is 6.92 Å². The van der Waals surface area contributed by atoms with Gasteiger partial charge >= 0.3 is 0 Å². The number of nitrogens with one attached hydrogen (secondary N) is 1.